The lowest BCUT2D eigenvalue weighted by Gasteiger charge is -2.37. The Balaban J connectivity index is 0.000000143. The highest BCUT2D eigenvalue weighted by Gasteiger charge is 2.35. The molecule has 0 aromatic heterocycles. The Morgan fingerprint density at radius 3 is 1.32 bits per heavy atom. The lowest BCUT2D eigenvalue weighted by molar-refractivity contribution is 0.204. The Labute approximate surface area is 340 Å². The Kier molecular flexibility index (Phi) is 14.3. The average Bonchev–Trinajstić information content (AvgIpc) is 3.20. The highest BCUT2D eigenvalue weighted by molar-refractivity contribution is 5.46. The molecule has 56 heavy (non-hydrogen) atoms. The van der Waals surface area contributed by atoms with Gasteiger partial charge in [0.25, 0.3) is 0 Å². The van der Waals surface area contributed by atoms with Gasteiger partial charge < -0.3 is 18.9 Å². The zero-order valence-electron chi connectivity index (χ0n) is 36.8. The minimum Gasteiger partial charge on any atom is -0.493 e. The van der Waals surface area contributed by atoms with E-state index in [1.54, 1.807) is 0 Å². The van der Waals surface area contributed by atoms with Crippen LogP contribution in [0.3, 0.4) is 0 Å². The maximum atomic E-state index is 5.76. The van der Waals surface area contributed by atoms with Crippen LogP contribution in [0.5, 0.6) is 23.0 Å². The van der Waals surface area contributed by atoms with E-state index in [4.69, 9.17) is 18.9 Å². The first-order valence-corrected chi connectivity index (χ1v) is 21.7. The Bertz CT molecular complexity index is 1880. The third-order valence-corrected chi connectivity index (χ3v) is 13.6. The van der Waals surface area contributed by atoms with Gasteiger partial charge in [0.05, 0.1) is 26.4 Å². The zero-order chi connectivity index (χ0) is 40.6. The minimum absolute atomic E-state index is 0.278. The standard InChI is InChI=1S/C14H20O.2C13H18O.C12H16O/c1-4-14(5-2)8-9-15-13-10-11(3)6-7-12(13)14;1-4-10-5-6-11-12(9-10)14-8-7-13(11,2)3;1-3-13(4-2)9-10-14-12-8-6-5-7-11(12)13;1-9-4-5-10-11(8-9)13-7-6-12(10,2)3/h6-7,10H,4-5,8-9H2,1-3H3;5-6,9H,4,7-8H2,1-3H3;5-8H,3-4,9-10H2,1-2H3;4-5,8H,6-7H2,1-3H3. The molecule has 0 radical (unpaired) electrons. The van der Waals surface area contributed by atoms with Crippen molar-refractivity contribution in [2.45, 2.75) is 156 Å². The quantitative estimate of drug-likeness (QED) is 0.203. The summed E-state index contributed by atoms with van der Waals surface area (Å²) in [5, 5.41) is 0. The summed E-state index contributed by atoms with van der Waals surface area (Å²) in [7, 11) is 0. The van der Waals surface area contributed by atoms with Gasteiger partial charge in [-0.1, -0.05) is 117 Å². The van der Waals surface area contributed by atoms with Gasteiger partial charge in [-0.25, -0.2) is 0 Å². The maximum absolute atomic E-state index is 5.76. The Morgan fingerprint density at radius 2 is 0.821 bits per heavy atom. The van der Waals surface area contributed by atoms with Gasteiger partial charge in [0.15, 0.2) is 0 Å². The van der Waals surface area contributed by atoms with E-state index in [9.17, 15) is 0 Å². The van der Waals surface area contributed by atoms with Gasteiger partial charge in [-0.2, -0.15) is 0 Å². The molecule has 0 N–H and O–H groups in total. The van der Waals surface area contributed by atoms with E-state index in [0.717, 1.165) is 81.5 Å². The van der Waals surface area contributed by atoms with E-state index >= 15 is 0 Å². The van der Waals surface area contributed by atoms with Crippen molar-refractivity contribution in [3.8, 4) is 23.0 Å². The van der Waals surface area contributed by atoms with Gasteiger partial charge in [-0.05, 0) is 135 Å². The van der Waals surface area contributed by atoms with Crippen LogP contribution in [-0.2, 0) is 28.1 Å². The first kappa shape index (κ1) is 43.2. The molecule has 0 atom stereocenters. The summed E-state index contributed by atoms with van der Waals surface area (Å²) in [5.41, 5.74) is 10.8. The predicted molar refractivity (Wildman–Crippen MR) is 236 cm³/mol. The van der Waals surface area contributed by atoms with Crippen LogP contribution in [0.25, 0.3) is 0 Å². The monoisotopic (exact) mass is 761 g/mol. The summed E-state index contributed by atoms with van der Waals surface area (Å²) in [6.45, 7) is 28.1. The predicted octanol–water partition coefficient (Wildman–Crippen LogP) is 13.7. The number of ether oxygens (including phenoxy) is 4. The van der Waals surface area contributed by atoms with E-state index in [-0.39, 0.29) is 10.8 Å². The van der Waals surface area contributed by atoms with Crippen molar-refractivity contribution in [3.63, 3.8) is 0 Å². The normalized spacial score (nSPS) is 18.5. The van der Waals surface area contributed by atoms with Crippen molar-refractivity contribution in [1.82, 2.24) is 0 Å². The van der Waals surface area contributed by atoms with Gasteiger partial charge in [0, 0.05) is 22.0 Å². The fraction of sp³-hybridized carbons (Fsp3) is 0.538. The van der Waals surface area contributed by atoms with Crippen molar-refractivity contribution in [2.24, 2.45) is 0 Å². The lowest BCUT2D eigenvalue weighted by Crippen LogP contribution is -2.31. The molecule has 0 saturated carbocycles. The summed E-state index contributed by atoms with van der Waals surface area (Å²) >= 11 is 0. The van der Waals surface area contributed by atoms with Gasteiger partial charge in [-0.15, -0.1) is 0 Å². The summed E-state index contributed by atoms with van der Waals surface area (Å²) in [6, 6.07) is 28.3. The number of hydrogen-bond acceptors (Lipinski definition) is 4. The number of rotatable bonds is 5. The highest BCUT2D eigenvalue weighted by Crippen LogP contribution is 2.45. The van der Waals surface area contributed by atoms with Crippen molar-refractivity contribution in [1.29, 1.82) is 0 Å². The topological polar surface area (TPSA) is 36.9 Å². The van der Waals surface area contributed by atoms with Crippen molar-refractivity contribution in [3.05, 3.63) is 118 Å². The largest absolute Gasteiger partial charge is 0.493 e. The molecular weight excluding hydrogens is 689 g/mol. The molecule has 0 amide bonds. The molecular formula is C52H72O4. The number of para-hydroxylation sites is 1. The molecule has 4 aromatic carbocycles. The van der Waals surface area contributed by atoms with Gasteiger partial charge in [0.1, 0.15) is 23.0 Å². The average molecular weight is 761 g/mol. The highest BCUT2D eigenvalue weighted by atomic mass is 16.5. The maximum Gasteiger partial charge on any atom is 0.123 e. The molecule has 0 spiro atoms. The van der Waals surface area contributed by atoms with Crippen LogP contribution in [0.2, 0.25) is 0 Å². The van der Waals surface area contributed by atoms with Crippen molar-refractivity contribution < 1.29 is 18.9 Å². The number of fused-ring (bicyclic) bond motifs is 4. The molecule has 4 aliphatic heterocycles. The van der Waals surface area contributed by atoms with Gasteiger partial charge in [0.2, 0.25) is 0 Å². The van der Waals surface area contributed by atoms with Crippen LogP contribution in [0.15, 0.2) is 78.9 Å². The first-order chi connectivity index (χ1) is 26.8. The molecule has 0 unspecified atom stereocenters. The van der Waals surface area contributed by atoms with Crippen LogP contribution in [0.1, 0.15) is 153 Å². The van der Waals surface area contributed by atoms with Crippen molar-refractivity contribution >= 4 is 0 Å². The summed E-state index contributed by atoms with van der Waals surface area (Å²) in [5.74, 6) is 4.39. The second-order valence-corrected chi connectivity index (χ2v) is 17.8. The third kappa shape index (κ3) is 9.60. The SMILES string of the molecule is CCC1(CC)CCOc2cc(C)ccc21.CCC1(CC)CCOc2ccccc21.CCc1ccc2c(c1)OCCC2(C)C.Cc1ccc2c(c1)OCCC2(C)C. The molecule has 4 aromatic rings. The fourth-order valence-electron chi connectivity index (χ4n) is 9.04. The van der Waals surface area contributed by atoms with E-state index in [0.29, 0.717) is 10.8 Å². The fourth-order valence-corrected chi connectivity index (χ4v) is 9.04. The van der Waals surface area contributed by atoms with Crippen molar-refractivity contribution in [2.75, 3.05) is 26.4 Å². The molecule has 4 heteroatoms. The van der Waals surface area contributed by atoms with E-state index in [1.807, 2.05) is 0 Å². The molecule has 0 fully saturated rings. The zero-order valence-corrected chi connectivity index (χ0v) is 36.8. The summed E-state index contributed by atoms with van der Waals surface area (Å²) in [4.78, 5) is 0. The van der Waals surface area contributed by atoms with Crippen LogP contribution in [0.4, 0.5) is 0 Å². The minimum atomic E-state index is 0.278. The molecule has 8 rings (SSSR count). The number of benzene rings is 4. The molecule has 4 heterocycles. The molecule has 0 saturated heterocycles. The van der Waals surface area contributed by atoms with E-state index in [2.05, 4.69) is 155 Å². The second-order valence-electron chi connectivity index (χ2n) is 17.8. The first-order valence-electron chi connectivity index (χ1n) is 21.7. The van der Waals surface area contributed by atoms with Crippen LogP contribution >= 0.6 is 0 Å². The molecule has 4 nitrogen and oxygen atoms in total. The molecule has 0 bridgehead atoms. The Hall–Kier alpha value is -3.92. The molecule has 4 aliphatic rings. The van der Waals surface area contributed by atoms with Crippen LogP contribution < -0.4 is 18.9 Å². The lowest BCUT2D eigenvalue weighted by atomic mass is 9.72. The van der Waals surface area contributed by atoms with E-state index < -0.39 is 0 Å². The van der Waals surface area contributed by atoms with Crippen LogP contribution in [-0.4, -0.2) is 26.4 Å². The second kappa shape index (κ2) is 18.6. The smallest absolute Gasteiger partial charge is 0.123 e. The third-order valence-electron chi connectivity index (χ3n) is 13.6. The number of aryl methyl sites for hydroxylation is 3. The van der Waals surface area contributed by atoms with Crippen LogP contribution in [0, 0.1) is 13.8 Å². The van der Waals surface area contributed by atoms with E-state index in [1.165, 1.54) is 64.6 Å². The summed E-state index contributed by atoms with van der Waals surface area (Å²) < 4.78 is 22.8. The molecule has 304 valence electrons. The van der Waals surface area contributed by atoms with Gasteiger partial charge >= 0.3 is 0 Å². The number of hydrogen-bond donors (Lipinski definition) is 0. The molecule has 0 aliphatic carbocycles. The summed E-state index contributed by atoms with van der Waals surface area (Å²) in [6.07, 6.45) is 10.5. The van der Waals surface area contributed by atoms with Gasteiger partial charge in [-0.3, -0.25) is 0 Å². The Morgan fingerprint density at radius 1 is 0.429 bits per heavy atom.